The Labute approximate surface area is 172 Å². The highest BCUT2D eigenvalue weighted by Gasteiger charge is 2.10. The average molecular weight is 412 g/mol. The minimum Gasteiger partial charge on any atom is -0.495 e. The van der Waals surface area contributed by atoms with Gasteiger partial charge in [0.05, 0.1) is 25.1 Å². The highest BCUT2D eigenvalue weighted by atomic mass is 35.5. The zero-order valence-electron chi connectivity index (χ0n) is 15.4. The van der Waals surface area contributed by atoms with Crippen LogP contribution in [0.25, 0.3) is 16.8 Å². The zero-order chi connectivity index (χ0) is 19.9. The number of ether oxygens (including phenoxy) is 2. The van der Waals surface area contributed by atoms with Crippen LogP contribution in [0.5, 0.6) is 11.5 Å². The van der Waals surface area contributed by atoms with Crippen molar-refractivity contribution in [3.63, 3.8) is 0 Å². The van der Waals surface area contributed by atoms with Crippen molar-refractivity contribution in [2.75, 3.05) is 19.0 Å². The maximum atomic E-state index is 9.55. The molecular formula is C21H18ClN3O2S. The van der Waals surface area contributed by atoms with Crippen LogP contribution in [0.1, 0.15) is 11.9 Å². The molecule has 1 heterocycles. The Balaban J connectivity index is 1.81. The molecule has 28 heavy (non-hydrogen) atoms. The van der Waals surface area contributed by atoms with E-state index < -0.39 is 0 Å². The number of aromatic nitrogens is 1. The van der Waals surface area contributed by atoms with Crippen molar-refractivity contribution in [1.82, 2.24) is 4.98 Å². The first-order valence-corrected chi connectivity index (χ1v) is 9.79. The van der Waals surface area contributed by atoms with Crippen molar-refractivity contribution in [2.24, 2.45) is 0 Å². The summed E-state index contributed by atoms with van der Waals surface area (Å²) in [6.45, 7) is 2.57. The van der Waals surface area contributed by atoms with Gasteiger partial charge in [0.15, 0.2) is 0 Å². The molecule has 1 aromatic heterocycles. The summed E-state index contributed by atoms with van der Waals surface area (Å²) >= 11 is 7.45. The first kappa shape index (κ1) is 19.7. The lowest BCUT2D eigenvalue weighted by molar-refractivity contribution is 0.340. The Morgan fingerprint density at radius 3 is 2.75 bits per heavy atom. The van der Waals surface area contributed by atoms with E-state index in [-0.39, 0.29) is 0 Å². The molecule has 3 rings (SSSR count). The smallest absolute Gasteiger partial charge is 0.142 e. The van der Waals surface area contributed by atoms with Crippen LogP contribution >= 0.6 is 22.9 Å². The van der Waals surface area contributed by atoms with Gasteiger partial charge in [-0.15, -0.1) is 11.3 Å². The molecule has 0 atom stereocenters. The molecular weight excluding hydrogens is 394 g/mol. The predicted molar refractivity (Wildman–Crippen MR) is 114 cm³/mol. The minimum absolute atomic E-state index is 0.421. The van der Waals surface area contributed by atoms with Crippen molar-refractivity contribution in [3.05, 3.63) is 64.1 Å². The number of anilines is 1. The van der Waals surface area contributed by atoms with Crippen LogP contribution in [-0.4, -0.2) is 18.7 Å². The number of allylic oxidation sites excluding steroid dienone is 1. The predicted octanol–water partition coefficient (Wildman–Crippen LogP) is 5.85. The molecule has 7 heteroatoms. The van der Waals surface area contributed by atoms with Crippen LogP contribution < -0.4 is 14.8 Å². The third-order valence-corrected chi connectivity index (χ3v) is 4.96. The van der Waals surface area contributed by atoms with Gasteiger partial charge in [-0.05, 0) is 49.4 Å². The maximum Gasteiger partial charge on any atom is 0.142 e. The highest BCUT2D eigenvalue weighted by molar-refractivity contribution is 7.11. The molecule has 0 unspecified atom stereocenters. The largest absolute Gasteiger partial charge is 0.495 e. The molecule has 0 radical (unpaired) electrons. The second kappa shape index (κ2) is 9.27. The van der Waals surface area contributed by atoms with E-state index in [4.69, 9.17) is 21.1 Å². The molecule has 0 aliphatic carbocycles. The van der Waals surface area contributed by atoms with E-state index in [0.717, 1.165) is 17.0 Å². The fourth-order valence-corrected chi connectivity index (χ4v) is 3.47. The summed E-state index contributed by atoms with van der Waals surface area (Å²) in [5.41, 5.74) is 2.87. The van der Waals surface area contributed by atoms with Crippen LogP contribution in [0.4, 0.5) is 5.69 Å². The number of methoxy groups -OCH3 is 1. The summed E-state index contributed by atoms with van der Waals surface area (Å²) in [4.78, 5) is 4.59. The number of thiazole rings is 1. The van der Waals surface area contributed by atoms with Crippen LogP contribution in [0.3, 0.4) is 0 Å². The van der Waals surface area contributed by atoms with Crippen molar-refractivity contribution in [1.29, 1.82) is 5.26 Å². The van der Waals surface area contributed by atoms with Crippen molar-refractivity contribution >= 4 is 34.2 Å². The summed E-state index contributed by atoms with van der Waals surface area (Å²) in [5.74, 6) is 1.45. The number of hydrogen-bond acceptors (Lipinski definition) is 6. The molecule has 0 fully saturated rings. The molecule has 142 valence electrons. The lowest BCUT2D eigenvalue weighted by Crippen LogP contribution is -1.95. The van der Waals surface area contributed by atoms with Gasteiger partial charge in [0.1, 0.15) is 28.1 Å². The van der Waals surface area contributed by atoms with Crippen LogP contribution in [-0.2, 0) is 0 Å². The summed E-state index contributed by atoms with van der Waals surface area (Å²) in [6, 6.07) is 15.1. The average Bonchev–Trinajstić information content (AvgIpc) is 3.19. The summed E-state index contributed by atoms with van der Waals surface area (Å²) in [6.07, 6.45) is 1.61. The normalized spacial score (nSPS) is 11.0. The van der Waals surface area contributed by atoms with Gasteiger partial charge in [-0.1, -0.05) is 11.6 Å². The van der Waals surface area contributed by atoms with Gasteiger partial charge in [-0.2, -0.15) is 5.26 Å². The van der Waals surface area contributed by atoms with E-state index in [1.165, 1.54) is 11.3 Å². The zero-order valence-corrected chi connectivity index (χ0v) is 17.0. The second-order valence-electron chi connectivity index (χ2n) is 5.65. The topological polar surface area (TPSA) is 67.2 Å². The molecule has 0 saturated heterocycles. The Bertz CT molecular complexity index is 1020. The van der Waals surface area contributed by atoms with Gasteiger partial charge >= 0.3 is 0 Å². The van der Waals surface area contributed by atoms with Gasteiger partial charge in [0, 0.05) is 22.2 Å². The lowest BCUT2D eigenvalue weighted by Gasteiger charge is -2.08. The van der Waals surface area contributed by atoms with Gasteiger partial charge in [0.2, 0.25) is 0 Å². The van der Waals surface area contributed by atoms with Gasteiger partial charge in [0.25, 0.3) is 0 Å². The molecule has 0 spiro atoms. The highest BCUT2D eigenvalue weighted by Crippen LogP contribution is 2.30. The summed E-state index contributed by atoms with van der Waals surface area (Å²) < 4.78 is 10.8. The van der Waals surface area contributed by atoms with Crippen LogP contribution in [0, 0.1) is 11.3 Å². The number of nitriles is 1. The molecule has 5 nitrogen and oxygen atoms in total. The number of nitrogens with one attached hydrogen (secondary N) is 1. The third kappa shape index (κ3) is 4.63. The maximum absolute atomic E-state index is 9.55. The Hall–Kier alpha value is -3.01. The van der Waals surface area contributed by atoms with Crippen molar-refractivity contribution < 1.29 is 9.47 Å². The third-order valence-electron chi connectivity index (χ3n) is 3.85. The summed E-state index contributed by atoms with van der Waals surface area (Å²) in [5, 5.41) is 15.8. The first-order valence-electron chi connectivity index (χ1n) is 8.54. The Kier molecular flexibility index (Phi) is 6.53. The van der Waals surface area contributed by atoms with E-state index in [9.17, 15) is 5.26 Å². The molecule has 0 aliphatic rings. The molecule has 0 amide bonds. The van der Waals surface area contributed by atoms with E-state index in [0.29, 0.717) is 33.6 Å². The lowest BCUT2D eigenvalue weighted by atomic mass is 10.2. The monoisotopic (exact) mass is 411 g/mol. The quantitative estimate of drug-likeness (QED) is 0.494. The SMILES string of the molecule is CCOc1ccc(-c2csc(C(C#N)=CNc3cc(Cl)ccc3OC)n2)cc1. The minimum atomic E-state index is 0.421. The van der Waals surface area contributed by atoms with E-state index in [1.54, 1.807) is 31.5 Å². The van der Waals surface area contributed by atoms with Gasteiger partial charge in [-0.25, -0.2) is 4.98 Å². The van der Waals surface area contributed by atoms with Crippen LogP contribution in [0.2, 0.25) is 5.02 Å². The van der Waals surface area contributed by atoms with Crippen molar-refractivity contribution in [2.45, 2.75) is 6.92 Å². The van der Waals surface area contributed by atoms with Gasteiger partial charge < -0.3 is 14.8 Å². The fourth-order valence-electron chi connectivity index (χ4n) is 2.50. The summed E-state index contributed by atoms with van der Waals surface area (Å²) in [7, 11) is 1.58. The number of nitrogens with zero attached hydrogens (tertiary/aromatic N) is 2. The van der Waals surface area contributed by atoms with Gasteiger partial charge in [-0.3, -0.25) is 0 Å². The Morgan fingerprint density at radius 1 is 1.29 bits per heavy atom. The molecule has 0 aliphatic heterocycles. The second-order valence-corrected chi connectivity index (χ2v) is 6.95. The van der Waals surface area contributed by atoms with Crippen LogP contribution in [0.15, 0.2) is 54.0 Å². The number of halogens is 1. The molecule has 0 saturated carbocycles. The number of hydrogen-bond donors (Lipinski definition) is 1. The van der Waals surface area contributed by atoms with E-state index >= 15 is 0 Å². The molecule has 1 N–H and O–H groups in total. The van der Waals surface area contributed by atoms with E-state index in [2.05, 4.69) is 16.4 Å². The Morgan fingerprint density at radius 2 is 2.07 bits per heavy atom. The molecule has 0 bridgehead atoms. The van der Waals surface area contributed by atoms with Crippen molar-refractivity contribution in [3.8, 4) is 28.8 Å². The fraction of sp³-hybridized carbons (Fsp3) is 0.143. The molecule has 3 aromatic rings. The number of rotatable bonds is 7. The number of benzene rings is 2. The standard InChI is InChI=1S/C21H18ClN3O2S/c1-3-27-17-7-4-14(5-8-17)19-13-28-21(25-19)15(11-23)12-24-18-10-16(22)6-9-20(18)26-2/h4-10,12-13,24H,3H2,1-2H3. The van der Waals surface area contributed by atoms with E-state index in [1.807, 2.05) is 36.6 Å². The molecule has 2 aromatic carbocycles. The first-order chi connectivity index (χ1) is 13.6.